The van der Waals surface area contributed by atoms with Crippen molar-refractivity contribution in [3.05, 3.63) is 52.5 Å². The van der Waals surface area contributed by atoms with Crippen LogP contribution < -0.4 is 10.1 Å². The Kier molecular flexibility index (Phi) is 5.88. The summed E-state index contributed by atoms with van der Waals surface area (Å²) in [5.41, 5.74) is 1.30. The molecule has 0 saturated heterocycles. The number of hydrogen-bond acceptors (Lipinski definition) is 5. The number of ether oxygens (including phenoxy) is 2. The number of anilines is 1. The largest absolute Gasteiger partial charge is 0.507 e. The van der Waals surface area contributed by atoms with Crippen molar-refractivity contribution in [2.75, 3.05) is 12.4 Å². The van der Waals surface area contributed by atoms with Crippen LogP contribution in [0.1, 0.15) is 22.8 Å². The van der Waals surface area contributed by atoms with Gasteiger partial charge in [-0.1, -0.05) is 17.7 Å². The molecule has 0 aliphatic heterocycles. The molecule has 0 bridgehead atoms. The number of amides is 1. The van der Waals surface area contributed by atoms with Gasteiger partial charge in [-0.3, -0.25) is 4.79 Å². The summed E-state index contributed by atoms with van der Waals surface area (Å²) in [5, 5.41) is 13.0. The van der Waals surface area contributed by atoms with E-state index in [9.17, 15) is 14.7 Å². The molecule has 0 aromatic heterocycles. The first-order chi connectivity index (χ1) is 11.8. The van der Waals surface area contributed by atoms with E-state index in [0.29, 0.717) is 16.5 Å². The lowest BCUT2D eigenvalue weighted by Crippen LogP contribution is -2.30. The number of phenols is 1. The third-order valence-corrected chi connectivity index (χ3v) is 3.77. The smallest absolute Gasteiger partial charge is 0.342 e. The van der Waals surface area contributed by atoms with Crippen molar-refractivity contribution in [2.24, 2.45) is 0 Å². The van der Waals surface area contributed by atoms with Crippen molar-refractivity contribution in [3.63, 3.8) is 0 Å². The molecule has 0 heterocycles. The zero-order valence-electron chi connectivity index (χ0n) is 14.0. The van der Waals surface area contributed by atoms with E-state index in [1.807, 2.05) is 6.92 Å². The van der Waals surface area contributed by atoms with E-state index in [0.717, 1.165) is 5.56 Å². The minimum atomic E-state index is -1.06. The van der Waals surface area contributed by atoms with Crippen LogP contribution in [0.4, 0.5) is 5.69 Å². The fraction of sp³-hybridized carbons (Fsp3) is 0.222. The molecule has 0 spiro atoms. The van der Waals surface area contributed by atoms with Crippen molar-refractivity contribution >= 4 is 29.2 Å². The van der Waals surface area contributed by atoms with Gasteiger partial charge in [0.1, 0.15) is 17.1 Å². The summed E-state index contributed by atoms with van der Waals surface area (Å²) in [6.07, 6.45) is -1.06. The monoisotopic (exact) mass is 363 g/mol. The number of aromatic hydroxyl groups is 1. The number of nitrogens with one attached hydrogen (secondary N) is 1. The highest BCUT2D eigenvalue weighted by Gasteiger charge is 2.21. The molecule has 0 aliphatic rings. The summed E-state index contributed by atoms with van der Waals surface area (Å²) in [6, 6.07) is 9.25. The second-order valence-corrected chi connectivity index (χ2v) is 5.82. The summed E-state index contributed by atoms with van der Waals surface area (Å²) >= 11 is 5.91. The van der Waals surface area contributed by atoms with Crippen LogP contribution in [-0.2, 0) is 9.53 Å². The van der Waals surface area contributed by atoms with Gasteiger partial charge in [0, 0.05) is 16.8 Å². The minimum absolute atomic E-state index is 0.0561. The maximum Gasteiger partial charge on any atom is 0.342 e. The maximum atomic E-state index is 12.2. The van der Waals surface area contributed by atoms with E-state index < -0.39 is 18.0 Å². The zero-order chi connectivity index (χ0) is 18.6. The highest BCUT2D eigenvalue weighted by molar-refractivity contribution is 6.31. The number of carbonyl (C=O) groups excluding carboxylic acids is 2. The Hall–Kier alpha value is -2.73. The Morgan fingerprint density at radius 1 is 1.20 bits per heavy atom. The van der Waals surface area contributed by atoms with Crippen LogP contribution in [0.5, 0.6) is 11.5 Å². The third kappa shape index (κ3) is 4.64. The summed E-state index contributed by atoms with van der Waals surface area (Å²) in [6.45, 7) is 3.26. The van der Waals surface area contributed by atoms with Crippen molar-refractivity contribution in [1.82, 2.24) is 0 Å². The van der Waals surface area contributed by atoms with Gasteiger partial charge in [-0.2, -0.15) is 0 Å². The van der Waals surface area contributed by atoms with Gasteiger partial charge in [-0.25, -0.2) is 4.79 Å². The van der Waals surface area contributed by atoms with E-state index in [1.165, 1.54) is 32.2 Å². The van der Waals surface area contributed by atoms with Crippen molar-refractivity contribution in [3.8, 4) is 11.5 Å². The topological polar surface area (TPSA) is 84.9 Å². The van der Waals surface area contributed by atoms with E-state index in [2.05, 4.69) is 5.32 Å². The molecule has 25 heavy (non-hydrogen) atoms. The fourth-order valence-electron chi connectivity index (χ4n) is 2.05. The first-order valence-electron chi connectivity index (χ1n) is 7.47. The van der Waals surface area contributed by atoms with Crippen LogP contribution in [0.3, 0.4) is 0 Å². The van der Waals surface area contributed by atoms with E-state index in [4.69, 9.17) is 21.1 Å². The highest BCUT2D eigenvalue weighted by atomic mass is 35.5. The van der Waals surface area contributed by atoms with Gasteiger partial charge in [0.05, 0.1) is 7.11 Å². The van der Waals surface area contributed by atoms with Crippen LogP contribution in [-0.4, -0.2) is 30.2 Å². The van der Waals surface area contributed by atoms with Crippen molar-refractivity contribution in [2.45, 2.75) is 20.0 Å². The van der Waals surface area contributed by atoms with E-state index in [1.54, 1.807) is 18.2 Å². The van der Waals surface area contributed by atoms with Crippen molar-refractivity contribution in [1.29, 1.82) is 0 Å². The Bertz CT molecular complexity index is 806. The normalized spacial score (nSPS) is 11.5. The van der Waals surface area contributed by atoms with Crippen LogP contribution in [0, 0.1) is 6.92 Å². The predicted molar refractivity (Wildman–Crippen MR) is 94.4 cm³/mol. The Balaban J connectivity index is 2.05. The number of methoxy groups -OCH3 is 1. The van der Waals surface area contributed by atoms with Crippen LogP contribution in [0.25, 0.3) is 0 Å². The molecule has 2 aromatic rings. The van der Waals surface area contributed by atoms with Gasteiger partial charge in [0.2, 0.25) is 0 Å². The summed E-state index contributed by atoms with van der Waals surface area (Å²) in [4.78, 5) is 24.3. The van der Waals surface area contributed by atoms with Crippen LogP contribution in [0.2, 0.25) is 5.02 Å². The number of esters is 1. The fourth-order valence-corrected chi connectivity index (χ4v) is 2.22. The number of carbonyl (C=O) groups is 2. The van der Waals surface area contributed by atoms with Crippen LogP contribution in [0.15, 0.2) is 36.4 Å². The molecule has 0 fully saturated rings. The molecule has 0 aliphatic carbocycles. The van der Waals surface area contributed by atoms with Gasteiger partial charge < -0.3 is 19.9 Å². The predicted octanol–water partition coefficient (Wildman–Crippen LogP) is 3.55. The molecule has 0 radical (unpaired) electrons. The summed E-state index contributed by atoms with van der Waals surface area (Å²) < 4.78 is 10.1. The third-order valence-electron chi connectivity index (χ3n) is 3.54. The van der Waals surface area contributed by atoms with Crippen molar-refractivity contribution < 1.29 is 24.2 Å². The number of hydrogen-bond donors (Lipinski definition) is 2. The second-order valence-electron chi connectivity index (χ2n) is 5.38. The molecule has 0 saturated carbocycles. The molecule has 1 atom stereocenters. The van der Waals surface area contributed by atoms with Gasteiger partial charge >= 0.3 is 5.97 Å². The van der Waals surface area contributed by atoms with E-state index in [-0.39, 0.29) is 11.3 Å². The zero-order valence-corrected chi connectivity index (χ0v) is 14.8. The van der Waals surface area contributed by atoms with Gasteiger partial charge in [0.25, 0.3) is 5.91 Å². The van der Waals surface area contributed by atoms with Gasteiger partial charge in [0.15, 0.2) is 6.10 Å². The Morgan fingerprint density at radius 2 is 1.92 bits per heavy atom. The molecule has 2 N–H and O–H groups in total. The number of benzene rings is 2. The molecule has 2 rings (SSSR count). The molecular weight excluding hydrogens is 346 g/mol. The number of aryl methyl sites for hydroxylation is 1. The van der Waals surface area contributed by atoms with E-state index >= 15 is 0 Å². The SMILES string of the molecule is COc1ccc(C(=O)O[C@H](C)C(=O)Nc2cc(Cl)ccc2C)c(O)c1. The lowest BCUT2D eigenvalue weighted by Gasteiger charge is -2.15. The quantitative estimate of drug-likeness (QED) is 0.793. The summed E-state index contributed by atoms with van der Waals surface area (Å²) in [7, 11) is 1.44. The molecule has 6 nitrogen and oxygen atoms in total. The minimum Gasteiger partial charge on any atom is -0.507 e. The number of rotatable bonds is 5. The Labute approximate surface area is 150 Å². The summed E-state index contributed by atoms with van der Waals surface area (Å²) in [5.74, 6) is -1.21. The second kappa shape index (κ2) is 7.90. The molecule has 0 unspecified atom stereocenters. The Morgan fingerprint density at radius 3 is 2.56 bits per heavy atom. The first-order valence-corrected chi connectivity index (χ1v) is 7.84. The average molecular weight is 364 g/mol. The number of halogens is 1. The lowest BCUT2D eigenvalue weighted by molar-refractivity contribution is -0.123. The van der Waals surface area contributed by atoms with Gasteiger partial charge in [-0.15, -0.1) is 0 Å². The number of phenolic OH excluding ortho intramolecular Hbond substituents is 1. The van der Waals surface area contributed by atoms with Crippen LogP contribution >= 0.6 is 11.6 Å². The molecule has 2 aromatic carbocycles. The lowest BCUT2D eigenvalue weighted by atomic mass is 10.2. The maximum absolute atomic E-state index is 12.2. The average Bonchev–Trinajstić information content (AvgIpc) is 2.57. The molecule has 1 amide bonds. The van der Waals surface area contributed by atoms with Gasteiger partial charge in [-0.05, 0) is 43.7 Å². The molecular formula is C18H18ClNO5. The standard InChI is InChI=1S/C18H18ClNO5/c1-10-4-5-12(19)8-15(10)20-17(22)11(2)25-18(23)14-7-6-13(24-3)9-16(14)21/h4-9,11,21H,1-3H3,(H,20,22)/t11-/m1/s1. The molecule has 7 heteroatoms. The highest BCUT2D eigenvalue weighted by Crippen LogP contribution is 2.25. The molecule has 132 valence electrons. The first kappa shape index (κ1) is 18.6.